The van der Waals surface area contributed by atoms with Gasteiger partial charge >= 0.3 is 0 Å². The Labute approximate surface area is 316 Å². The van der Waals surface area contributed by atoms with Crippen LogP contribution in [0, 0.1) is 6.07 Å². The molecule has 51 heavy (non-hydrogen) atoms. The quantitative estimate of drug-likeness (QED) is 0.179. The van der Waals surface area contributed by atoms with Gasteiger partial charge in [-0.15, -0.1) is 34.9 Å². The smallest absolute Gasteiger partial charge is 0.144 e. The number of hydrogen-bond acceptors (Lipinski definition) is 4. The average molecular weight is 853 g/mol. The van der Waals surface area contributed by atoms with Crippen molar-refractivity contribution in [3.8, 4) is 50.5 Å². The molecule has 4 aromatic carbocycles. The molecule has 262 valence electrons. The van der Waals surface area contributed by atoms with Crippen molar-refractivity contribution < 1.29 is 26.2 Å². The third kappa shape index (κ3) is 6.89. The molecule has 5 nitrogen and oxygen atoms in total. The van der Waals surface area contributed by atoms with Crippen molar-refractivity contribution in [3.63, 3.8) is 0 Å². The predicted octanol–water partition coefficient (Wildman–Crippen LogP) is 11.5. The molecule has 0 atom stereocenters. The van der Waals surface area contributed by atoms with Crippen molar-refractivity contribution in [2.75, 3.05) is 0 Å². The van der Waals surface area contributed by atoms with Gasteiger partial charge in [0.05, 0.1) is 16.6 Å². The Morgan fingerprint density at radius 1 is 0.627 bits per heavy atom. The number of para-hydroxylation sites is 1. The summed E-state index contributed by atoms with van der Waals surface area (Å²) in [5.41, 5.74) is 11.4. The average Bonchev–Trinajstić information content (AvgIpc) is 3.48. The first-order chi connectivity index (χ1) is 23.6. The number of aromatic hydroxyl groups is 1. The topological polar surface area (TPSA) is 63.8 Å². The van der Waals surface area contributed by atoms with E-state index in [0.29, 0.717) is 0 Å². The van der Waals surface area contributed by atoms with Crippen LogP contribution < -0.4 is 0 Å². The van der Waals surface area contributed by atoms with Crippen molar-refractivity contribution in [2.45, 2.75) is 78.7 Å². The first-order valence-corrected chi connectivity index (χ1v) is 17.3. The molecule has 7 aromatic rings. The Morgan fingerprint density at radius 2 is 1.33 bits per heavy atom. The summed E-state index contributed by atoms with van der Waals surface area (Å²) in [6.07, 6.45) is 5.56. The third-order valence-electron chi connectivity index (χ3n) is 9.47. The number of rotatable bonds is 4. The molecule has 0 spiro atoms. The molecule has 3 heterocycles. The molecule has 0 aliphatic rings. The second-order valence-corrected chi connectivity index (χ2v) is 16.4. The predicted molar refractivity (Wildman–Crippen MR) is 207 cm³/mol. The number of hydrogen-bond donors (Lipinski definition) is 1. The van der Waals surface area contributed by atoms with E-state index in [0.717, 1.165) is 72.3 Å². The number of pyridine rings is 2. The number of imidazole rings is 1. The van der Waals surface area contributed by atoms with Gasteiger partial charge in [0.25, 0.3) is 0 Å². The number of aromatic nitrogens is 4. The summed E-state index contributed by atoms with van der Waals surface area (Å²) in [4.78, 5) is 14.6. The molecular formula is C45H45N4OPt-. The van der Waals surface area contributed by atoms with Gasteiger partial charge in [0, 0.05) is 50.7 Å². The van der Waals surface area contributed by atoms with E-state index in [4.69, 9.17) is 9.97 Å². The van der Waals surface area contributed by atoms with Gasteiger partial charge in [-0.2, -0.15) is 0 Å². The molecule has 7 rings (SSSR count). The Balaban J connectivity index is 0.00000448. The summed E-state index contributed by atoms with van der Waals surface area (Å²) in [6.45, 7) is 19.9. The van der Waals surface area contributed by atoms with Gasteiger partial charge in [-0.1, -0.05) is 89.1 Å². The van der Waals surface area contributed by atoms with Crippen LogP contribution >= 0.6 is 0 Å². The molecule has 6 heteroatoms. The largest absolute Gasteiger partial charge is 0.507 e. The van der Waals surface area contributed by atoms with Crippen LogP contribution in [0.5, 0.6) is 5.75 Å². The van der Waals surface area contributed by atoms with Gasteiger partial charge in [-0.05, 0) is 90.1 Å². The first kappa shape index (κ1) is 36.2. The van der Waals surface area contributed by atoms with Crippen LogP contribution in [0.15, 0.2) is 104 Å². The van der Waals surface area contributed by atoms with Gasteiger partial charge in [-0.25, -0.2) is 4.98 Å². The Morgan fingerprint density at radius 3 is 2.00 bits per heavy atom. The summed E-state index contributed by atoms with van der Waals surface area (Å²) < 4.78 is 2.26. The van der Waals surface area contributed by atoms with E-state index in [1.54, 1.807) is 12.3 Å². The van der Waals surface area contributed by atoms with Crippen LogP contribution in [0.25, 0.3) is 66.7 Å². The Kier molecular flexibility index (Phi) is 9.36. The van der Waals surface area contributed by atoms with Crippen molar-refractivity contribution in [1.82, 2.24) is 19.5 Å². The molecule has 0 radical (unpaired) electrons. The summed E-state index contributed by atoms with van der Waals surface area (Å²) in [6, 6.07) is 33.2. The van der Waals surface area contributed by atoms with Gasteiger partial charge < -0.3 is 9.67 Å². The molecule has 0 saturated carbocycles. The van der Waals surface area contributed by atoms with Crippen molar-refractivity contribution in [1.29, 1.82) is 0 Å². The van der Waals surface area contributed by atoms with E-state index in [-0.39, 0.29) is 43.2 Å². The minimum Gasteiger partial charge on any atom is -0.507 e. The minimum absolute atomic E-state index is 0. The Bertz CT molecular complexity index is 2390. The summed E-state index contributed by atoms with van der Waals surface area (Å²) in [5.74, 6) is 0.965. The summed E-state index contributed by atoms with van der Waals surface area (Å²) in [7, 11) is 0. The van der Waals surface area contributed by atoms with Crippen molar-refractivity contribution in [2.24, 2.45) is 0 Å². The van der Waals surface area contributed by atoms with Gasteiger partial charge in [0.1, 0.15) is 11.6 Å². The number of nitrogens with zero attached hydrogens (tertiary/aromatic N) is 4. The molecule has 0 unspecified atom stereocenters. The molecule has 0 bridgehead atoms. The maximum Gasteiger partial charge on any atom is 0.144 e. The zero-order valence-corrected chi connectivity index (χ0v) is 33.1. The maximum atomic E-state index is 11.3. The molecule has 1 N–H and O–H groups in total. The van der Waals surface area contributed by atoms with E-state index in [1.807, 2.05) is 30.6 Å². The zero-order chi connectivity index (χ0) is 35.6. The number of phenolic OH excluding ortho intramolecular Hbond substituents is 1. The van der Waals surface area contributed by atoms with Crippen molar-refractivity contribution in [3.05, 3.63) is 121 Å². The number of fused-ring (bicyclic) bond motifs is 2. The van der Waals surface area contributed by atoms with Gasteiger partial charge in [-0.3, -0.25) is 9.97 Å². The fraction of sp³-hybridized carbons (Fsp3) is 0.267. The van der Waals surface area contributed by atoms with E-state index in [1.165, 1.54) is 5.56 Å². The monoisotopic (exact) mass is 852 g/mol. The second-order valence-electron chi connectivity index (χ2n) is 16.4. The van der Waals surface area contributed by atoms with Crippen LogP contribution in [-0.4, -0.2) is 24.6 Å². The summed E-state index contributed by atoms with van der Waals surface area (Å²) >= 11 is 0. The molecule has 3 aromatic heterocycles. The van der Waals surface area contributed by atoms with Crippen molar-refractivity contribution >= 4 is 21.9 Å². The van der Waals surface area contributed by atoms with E-state index in [9.17, 15) is 5.11 Å². The molecule has 0 fully saturated rings. The molecule has 0 saturated heterocycles. The standard InChI is InChI=1S/C45H45N4O.Pt/c1-43(2,3)33-17-18-39(50)37(26-33)42-48-41-35(15-10-16-38(41)49(42)45(7,8)9)31-22-32(24-34(23-31)44(4,5)6)36-25-30(29-14-11-19-46-27-29)21-28-13-12-20-47-40(28)36;/h10-21,23-27,50H,1-9H3;/q-1;. The van der Waals surface area contributed by atoms with E-state index in [2.05, 4.69) is 139 Å². The number of phenols is 1. The van der Waals surface area contributed by atoms with Gasteiger partial charge in [0.2, 0.25) is 0 Å². The number of benzene rings is 4. The van der Waals surface area contributed by atoms with E-state index >= 15 is 0 Å². The minimum atomic E-state index is -0.313. The normalized spacial score (nSPS) is 12.3. The molecule has 0 aliphatic carbocycles. The third-order valence-corrected chi connectivity index (χ3v) is 9.47. The van der Waals surface area contributed by atoms with Gasteiger partial charge in [0.15, 0.2) is 0 Å². The fourth-order valence-electron chi connectivity index (χ4n) is 6.75. The molecular weight excluding hydrogens is 808 g/mol. The first-order valence-electron chi connectivity index (χ1n) is 17.3. The zero-order valence-electron chi connectivity index (χ0n) is 30.9. The van der Waals surface area contributed by atoms with Crippen LogP contribution in [0.1, 0.15) is 73.4 Å². The van der Waals surface area contributed by atoms with E-state index < -0.39 is 0 Å². The second kappa shape index (κ2) is 13.2. The van der Waals surface area contributed by atoms with Crippen LogP contribution in [0.4, 0.5) is 0 Å². The van der Waals surface area contributed by atoms with Crippen LogP contribution in [0.3, 0.4) is 0 Å². The molecule has 0 aliphatic heterocycles. The SMILES string of the molecule is CC(C)(C)c1cc(-c2cc(-c3cccnc3)cc3cccnc23)[c-]c(-c2cccc3c2nc(-c2cc(C(C)(C)C)ccc2O)n3C(C)(C)C)c1.[Pt]. The maximum absolute atomic E-state index is 11.3. The van der Waals surface area contributed by atoms with Crippen LogP contribution in [0.2, 0.25) is 0 Å². The fourth-order valence-corrected chi connectivity index (χ4v) is 6.75. The summed E-state index contributed by atoms with van der Waals surface area (Å²) in [5, 5.41) is 12.3. The Hall–Kier alpha value is -4.60. The van der Waals surface area contributed by atoms with Crippen LogP contribution in [-0.2, 0) is 37.4 Å². The molecule has 0 amide bonds.